The summed E-state index contributed by atoms with van der Waals surface area (Å²) >= 11 is 0. The van der Waals surface area contributed by atoms with Gasteiger partial charge in [0.2, 0.25) is 0 Å². The Kier molecular flexibility index (Phi) is 5.73. The molecule has 5 aromatic rings. The SMILES string of the molecule is Cc1ccccc1C(c1ccccc1)n1c(-c2ccccc2)cc(-c2ccccc2)cc1=O. The Balaban J connectivity index is 1.83. The Hall–Kier alpha value is -4.17. The zero-order valence-electron chi connectivity index (χ0n) is 18.6. The van der Waals surface area contributed by atoms with Crippen molar-refractivity contribution in [3.63, 3.8) is 0 Å². The van der Waals surface area contributed by atoms with Crippen LogP contribution in [0.4, 0.5) is 0 Å². The number of benzene rings is 4. The third kappa shape index (κ3) is 4.16. The summed E-state index contributed by atoms with van der Waals surface area (Å²) in [7, 11) is 0. The first-order chi connectivity index (χ1) is 16.2. The maximum atomic E-state index is 13.9. The number of hydrogen-bond donors (Lipinski definition) is 0. The van der Waals surface area contributed by atoms with E-state index in [1.807, 2.05) is 83.4 Å². The zero-order chi connectivity index (χ0) is 22.6. The molecule has 0 fully saturated rings. The Labute approximate surface area is 194 Å². The van der Waals surface area contributed by atoms with Gasteiger partial charge in [-0.2, -0.15) is 0 Å². The number of rotatable bonds is 5. The molecule has 5 rings (SSSR count). The monoisotopic (exact) mass is 427 g/mol. The summed E-state index contributed by atoms with van der Waals surface area (Å²) in [5.74, 6) is 0. The average molecular weight is 428 g/mol. The van der Waals surface area contributed by atoms with E-state index in [1.165, 1.54) is 0 Å². The van der Waals surface area contributed by atoms with Crippen molar-refractivity contribution < 1.29 is 0 Å². The molecule has 0 saturated heterocycles. The molecule has 33 heavy (non-hydrogen) atoms. The Morgan fingerprint density at radius 3 is 1.76 bits per heavy atom. The molecule has 0 aliphatic carbocycles. The van der Waals surface area contributed by atoms with Crippen molar-refractivity contribution in [2.24, 2.45) is 0 Å². The predicted molar refractivity (Wildman–Crippen MR) is 136 cm³/mol. The lowest BCUT2D eigenvalue weighted by Crippen LogP contribution is -2.28. The van der Waals surface area contributed by atoms with Crippen molar-refractivity contribution in [3.05, 3.63) is 154 Å². The van der Waals surface area contributed by atoms with Gasteiger partial charge in [0, 0.05) is 6.07 Å². The fourth-order valence-corrected chi connectivity index (χ4v) is 4.47. The van der Waals surface area contributed by atoms with E-state index in [4.69, 9.17) is 0 Å². The molecule has 2 nitrogen and oxygen atoms in total. The smallest absolute Gasteiger partial charge is 0.252 e. The largest absolute Gasteiger partial charge is 0.297 e. The van der Waals surface area contributed by atoms with Gasteiger partial charge in [-0.15, -0.1) is 0 Å². The van der Waals surface area contributed by atoms with Crippen LogP contribution in [0.2, 0.25) is 0 Å². The van der Waals surface area contributed by atoms with Gasteiger partial charge in [-0.25, -0.2) is 0 Å². The Morgan fingerprint density at radius 1 is 0.576 bits per heavy atom. The minimum absolute atomic E-state index is 0.0210. The molecule has 1 heterocycles. The molecule has 4 aromatic carbocycles. The highest BCUT2D eigenvalue weighted by Crippen LogP contribution is 2.34. The number of hydrogen-bond acceptors (Lipinski definition) is 1. The molecular weight excluding hydrogens is 402 g/mol. The van der Waals surface area contributed by atoms with Gasteiger partial charge >= 0.3 is 0 Å². The maximum Gasteiger partial charge on any atom is 0.252 e. The van der Waals surface area contributed by atoms with Gasteiger partial charge in [-0.1, -0.05) is 115 Å². The lowest BCUT2D eigenvalue weighted by molar-refractivity contribution is 0.655. The summed E-state index contributed by atoms with van der Waals surface area (Å²) in [6.45, 7) is 2.11. The molecule has 0 N–H and O–H groups in total. The van der Waals surface area contributed by atoms with Crippen LogP contribution in [0.5, 0.6) is 0 Å². The van der Waals surface area contributed by atoms with Crippen LogP contribution in [0.15, 0.2) is 132 Å². The van der Waals surface area contributed by atoms with Gasteiger partial charge in [0.05, 0.1) is 11.7 Å². The van der Waals surface area contributed by atoms with Crippen molar-refractivity contribution >= 4 is 0 Å². The van der Waals surface area contributed by atoms with Crippen LogP contribution in [0.3, 0.4) is 0 Å². The van der Waals surface area contributed by atoms with E-state index < -0.39 is 0 Å². The van der Waals surface area contributed by atoms with Gasteiger partial charge < -0.3 is 0 Å². The number of pyridine rings is 1. The second-order valence-corrected chi connectivity index (χ2v) is 8.24. The summed E-state index contributed by atoms with van der Waals surface area (Å²) in [6, 6.07) is 42.5. The highest BCUT2D eigenvalue weighted by Gasteiger charge is 2.23. The van der Waals surface area contributed by atoms with E-state index >= 15 is 0 Å². The van der Waals surface area contributed by atoms with E-state index in [0.29, 0.717) is 0 Å². The van der Waals surface area contributed by atoms with Crippen LogP contribution in [0, 0.1) is 6.92 Å². The fourth-order valence-electron chi connectivity index (χ4n) is 4.47. The highest BCUT2D eigenvalue weighted by atomic mass is 16.1. The third-order valence-corrected chi connectivity index (χ3v) is 6.10. The maximum absolute atomic E-state index is 13.9. The molecule has 0 amide bonds. The molecule has 0 bridgehead atoms. The zero-order valence-corrected chi connectivity index (χ0v) is 18.6. The molecule has 0 aliphatic rings. The molecule has 1 atom stereocenters. The van der Waals surface area contributed by atoms with Gasteiger partial charge in [0.25, 0.3) is 5.56 Å². The molecule has 0 aliphatic heterocycles. The van der Waals surface area contributed by atoms with E-state index in [9.17, 15) is 4.79 Å². The van der Waals surface area contributed by atoms with Gasteiger partial charge in [0.15, 0.2) is 0 Å². The summed E-state index contributed by atoms with van der Waals surface area (Å²) in [4.78, 5) is 13.9. The van der Waals surface area contributed by atoms with E-state index in [0.717, 1.165) is 39.1 Å². The van der Waals surface area contributed by atoms with Gasteiger partial charge in [-0.3, -0.25) is 9.36 Å². The Morgan fingerprint density at radius 2 is 1.12 bits per heavy atom. The van der Waals surface area contributed by atoms with E-state index in [1.54, 1.807) is 6.07 Å². The van der Waals surface area contributed by atoms with Crippen molar-refractivity contribution in [1.82, 2.24) is 4.57 Å². The van der Waals surface area contributed by atoms with Gasteiger partial charge in [0.1, 0.15) is 0 Å². The van der Waals surface area contributed by atoms with Crippen LogP contribution in [-0.2, 0) is 0 Å². The lowest BCUT2D eigenvalue weighted by Gasteiger charge is -2.26. The van der Waals surface area contributed by atoms with E-state index in [-0.39, 0.29) is 11.6 Å². The summed E-state index contributed by atoms with van der Waals surface area (Å²) in [5, 5.41) is 0. The Bertz CT molecular complexity index is 1420. The number of aryl methyl sites for hydroxylation is 1. The predicted octanol–water partition coefficient (Wildman–Crippen LogP) is 7.13. The second kappa shape index (κ2) is 9.13. The first-order valence-corrected chi connectivity index (χ1v) is 11.2. The van der Waals surface area contributed by atoms with Gasteiger partial charge in [-0.05, 0) is 46.4 Å². The normalized spacial score (nSPS) is 11.8. The first kappa shape index (κ1) is 20.7. The van der Waals surface area contributed by atoms with Crippen LogP contribution in [-0.4, -0.2) is 4.57 Å². The molecule has 1 aromatic heterocycles. The number of nitrogens with zero attached hydrogens (tertiary/aromatic N) is 1. The van der Waals surface area contributed by atoms with Crippen LogP contribution < -0.4 is 5.56 Å². The molecule has 1 unspecified atom stereocenters. The molecule has 0 saturated carbocycles. The minimum Gasteiger partial charge on any atom is -0.297 e. The topological polar surface area (TPSA) is 22.0 Å². The molecule has 0 radical (unpaired) electrons. The van der Waals surface area contributed by atoms with Crippen molar-refractivity contribution in [2.75, 3.05) is 0 Å². The quantitative estimate of drug-likeness (QED) is 0.292. The lowest BCUT2D eigenvalue weighted by atomic mass is 9.93. The average Bonchev–Trinajstić information content (AvgIpc) is 2.87. The second-order valence-electron chi connectivity index (χ2n) is 8.24. The minimum atomic E-state index is -0.236. The summed E-state index contributed by atoms with van der Waals surface area (Å²) in [6.07, 6.45) is 0. The van der Waals surface area contributed by atoms with Crippen molar-refractivity contribution in [3.8, 4) is 22.4 Å². The molecule has 160 valence electrons. The number of aromatic nitrogens is 1. The van der Waals surface area contributed by atoms with Crippen molar-refractivity contribution in [1.29, 1.82) is 0 Å². The first-order valence-electron chi connectivity index (χ1n) is 11.2. The summed E-state index contributed by atoms with van der Waals surface area (Å²) < 4.78 is 1.94. The fraction of sp³-hybridized carbons (Fsp3) is 0.0645. The van der Waals surface area contributed by atoms with E-state index in [2.05, 4.69) is 49.4 Å². The molecular formula is C31H25NO. The molecule has 0 spiro atoms. The van der Waals surface area contributed by atoms with Crippen molar-refractivity contribution in [2.45, 2.75) is 13.0 Å². The van der Waals surface area contributed by atoms with Crippen LogP contribution in [0.25, 0.3) is 22.4 Å². The van der Waals surface area contributed by atoms with Crippen LogP contribution in [0.1, 0.15) is 22.7 Å². The molecule has 2 heteroatoms. The standard InChI is InChI=1S/C31H25NO/c1-23-13-11-12-20-28(23)31(26-18-9-4-10-19-26)32-29(25-16-7-3-8-17-25)21-27(22-30(32)33)24-14-5-2-6-15-24/h2-22,31H,1H3. The third-order valence-electron chi connectivity index (χ3n) is 6.10. The highest BCUT2D eigenvalue weighted by molar-refractivity contribution is 5.71. The van der Waals surface area contributed by atoms with Crippen LogP contribution >= 0.6 is 0 Å². The summed E-state index contributed by atoms with van der Waals surface area (Å²) in [5.41, 5.74) is 7.21.